The van der Waals surface area contributed by atoms with Gasteiger partial charge in [0.15, 0.2) is 0 Å². The second-order valence-electron chi connectivity index (χ2n) is 7.34. The van der Waals surface area contributed by atoms with E-state index in [-0.39, 0.29) is 0 Å². The normalized spacial score (nSPS) is 20.7. The van der Waals surface area contributed by atoms with Gasteiger partial charge in [-0.3, -0.25) is 0 Å². The molecular formula is C26H22O. The molecule has 1 nitrogen and oxygen atoms in total. The van der Waals surface area contributed by atoms with Crippen LogP contribution in [0.2, 0.25) is 0 Å². The number of hydrogen-bond donors (Lipinski definition) is 0. The Kier molecular flexibility index (Phi) is 4.14. The molecule has 3 aromatic carbocycles. The molecule has 0 unspecified atom stereocenters. The van der Waals surface area contributed by atoms with Gasteiger partial charge < -0.3 is 4.74 Å². The van der Waals surface area contributed by atoms with Crippen molar-refractivity contribution < 1.29 is 4.74 Å². The Morgan fingerprint density at radius 1 is 0.519 bits per heavy atom. The zero-order valence-corrected chi connectivity index (χ0v) is 15.2. The molecule has 2 bridgehead atoms. The minimum absolute atomic E-state index is 0.520. The van der Waals surface area contributed by atoms with Gasteiger partial charge in [-0.2, -0.15) is 0 Å². The molecule has 0 saturated carbocycles. The average molecular weight is 350 g/mol. The molecule has 0 heterocycles. The summed E-state index contributed by atoms with van der Waals surface area (Å²) in [6, 6.07) is 29.3. The number of rotatable bonds is 4. The van der Waals surface area contributed by atoms with Gasteiger partial charge in [-0.15, -0.1) is 0 Å². The lowest BCUT2D eigenvalue weighted by Crippen LogP contribution is -2.20. The van der Waals surface area contributed by atoms with E-state index in [0.717, 1.165) is 11.5 Å². The lowest BCUT2D eigenvalue weighted by molar-refractivity contribution is 0.482. The zero-order valence-electron chi connectivity index (χ0n) is 15.2. The summed E-state index contributed by atoms with van der Waals surface area (Å²) in [5, 5.41) is 0. The molecule has 132 valence electrons. The monoisotopic (exact) mass is 350 g/mol. The molecule has 0 saturated heterocycles. The molecule has 27 heavy (non-hydrogen) atoms. The quantitative estimate of drug-likeness (QED) is 0.493. The Morgan fingerprint density at radius 2 is 1.00 bits per heavy atom. The van der Waals surface area contributed by atoms with E-state index in [9.17, 15) is 0 Å². The fourth-order valence-corrected chi connectivity index (χ4v) is 4.29. The highest BCUT2D eigenvalue weighted by molar-refractivity contribution is 5.82. The van der Waals surface area contributed by atoms with Gasteiger partial charge in [-0.05, 0) is 59.4 Å². The van der Waals surface area contributed by atoms with Crippen LogP contribution in [0.15, 0.2) is 97.1 Å². The standard InChI is InChI=1S/C26H22O/c1-3-7-19(8-4-1)25-17-22-12-11-21(25)18-26(22)20-13-15-24(16-14-20)27-23-9-5-2-6-10-23/h1-10,13-18,21-22H,11-12H2/t21-,22-/m1/s1. The summed E-state index contributed by atoms with van der Waals surface area (Å²) in [4.78, 5) is 0. The van der Waals surface area contributed by atoms with Crippen molar-refractivity contribution in [3.05, 3.63) is 108 Å². The summed E-state index contributed by atoms with van der Waals surface area (Å²) in [6.45, 7) is 0. The Balaban J connectivity index is 1.37. The number of benzene rings is 3. The molecular weight excluding hydrogens is 328 g/mol. The molecule has 3 aliphatic carbocycles. The minimum Gasteiger partial charge on any atom is -0.457 e. The summed E-state index contributed by atoms with van der Waals surface area (Å²) >= 11 is 0. The van der Waals surface area contributed by atoms with Crippen LogP contribution in [-0.4, -0.2) is 0 Å². The Bertz CT molecular complexity index is 981. The summed E-state index contributed by atoms with van der Waals surface area (Å²) in [7, 11) is 0. The number of hydrogen-bond acceptors (Lipinski definition) is 1. The van der Waals surface area contributed by atoms with Gasteiger partial charge in [-0.25, -0.2) is 0 Å². The summed E-state index contributed by atoms with van der Waals surface area (Å²) in [5.41, 5.74) is 5.65. The van der Waals surface area contributed by atoms with Crippen LogP contribution < -0.4 is 4.74 Å². The van der Waals surface area contributed by atoms with Gasteiger partial charge in [0.1, 0.15) is 11.5 Å². The fourth-order valence-electron chi connectivity index (χ4n) is 4.29. The van der Waals surface area contributed by atoms with Crippen LogP contribution in [0.3, 0.4) is 0 Å². The third kappa shape index (κ3) is 3.21. The van der Waals surface area contributed by atoms with Crippen LogP contribution in [0.25, 0.3) is 11.1 Å². The largest absolute Gasteiger partial charge is 0.457 e. The first-order valence-corrected chi connectivity index (χ1v) is 9.69. The topological polar surface area (TPSA) is 9.23 Å². The third-order valence-electron chi connectivity index (χ3n) is 5.62. The van der Waals surface area contributed by atoms with E-state index in [1.165, 1.54) is 35.1 Å². The molecule has 0 aliphatic heterocycles. The van der Waals surface area contributed by atoms with Crippen molar-refractivity contribution in [2.24, 2.45) is 11.8 Å². The van der Waals surface area contributed by atoms with Crippen LogP contribution in [0.1, 0.15) is 24.0 Å². The molecule has 2 atom stereocenters. The average Bonchev–Trinajstić information content (AvgIpc) is 2.76. The van der Waals surface area contributed by atoms with Crippen molar-refractivity contribution in [2.75, 3.05) is 0 Å². The van der Waals surface area contributed by atoms with Crippen LogP contribution >= 0.6 is 0 Å². The van der Waals surface area contributed by atoms with Crippen molar-refractivity contribution in [2.45, 2.75) is 12.8 Å². The molecule has 0 amide bonds. The predicted molar refractivity (Wildman–Crippen MR) is 112 cm³/mol. The predicted octanol–water partition coefficient (Wildman–Crippen LogP) is 6.99. The van der Waals surface area contributed by atoms with Crippen molar-refractivity contribution in [3.63, 3.8) is 0 Å². The highest BCUT2D eigenvalue weighted by Crippen LogP contribution is 2.47. The number of fused-ring (bicyclic) bond motifs is 1. The first-order valence-electron chi connectivity index (χ1n) is 9.69. The molecule has 0 aromatic heterocycles. The van der Waals surface area contributed by atoms with E-state index in [4.69, 9.17) is 4.74 Å². The van der Waals surface area contributed by atoms with Crippen molar-refractivity contribution in [1.29, 1.82) is 0 Å². The van der Waals surface area contributed by atoms with Crippen LogP contribution in [0.4, 0.5) is 0 Å². The van der Waals surface area contributed by atoms with Gasteiger partial charge in [-0.1, -0.05) is 72.8 Å². The SMILES string of the molecule is C1=C(c2ccccc2)[C@H]2C=C(c3ccc(Oc4ccccc4)cc3)[C@@H]1CC2. The number of allylic oxidation sites excluding steroid dienone is 4. The van der Waals surface area contributed by atoms with Crippen molar-refractivity contribution >= 4 is 11.1 Å². The molecule has 6 rings (SSSR count). The lowest BCUT2D eigenvalue weighted by Gasteiger charge is -2.35. The van der Waals surface area contributed by atoms with E-state index >= 15 is 0 Å². The second-order valence-corrected chi connectivity index (χ2v) is 7.34. The summed E-state index contributed by atoms with van der Waals surface area (Å²) in [5.74, 6) is 2.81. The summed E-state index contributed by atoms with van der Waals surface area (Å²) in [6.07, 6.45) is 7.48. The summed E-state index contributed by atoms with van der Waals surface area (Å²) < 4.78 is 5.93. The highest BCUT2D eigenvalue weighted by atomic mass is 16.5. The van der Waals surface area contributed by atoms with Gasteiger partial charge in [0.25, 0.3) is 0 Å². The molecule has 1 heteroatoms. The maximum absolute atomic E-state index is 5.93. The smallest absolute Gasteiger partial charge is 0.127 e. The van der Waals surface area contributed by atoms with Gasteiger partial charge in [0.2, 0.25) is 0 Å². The molecule has 0 radical (unpaired) electrons. The Morgan fingerprint density at radius 3 is 1.56 bits per heavy atom. The molecule has 3 aromatic rings. The first kappa shape index (κ1) is 16.1. The van der Waals surface area contributed by atoms with Crippen molar-refractivity contribution in [1.82, 2.24) is 0 Å². The van der Waals surface area contributed by atoms with Gasteiger partial charge in [0, 0.05) is 11.8 Å². The van der Waals surface area contributed by atoms with E-state index in [1.54, 1.807) is 0 Å². The number of para-hydroxylation sites is 1. The minimum atomic E-state index is 0.520. The molecule has 0 N–H and O–H groups in total. The number of ether oxygens (including phenoxy) is 1. The van der Waals surface area contributed by atoms with E-state index < -0.39 is 0 Å². The Labute approximate surface area is 160 Å². The highest BCUT2D eigenvalue weighted by Gasteiger charge is 2.30. The third-order valence-corrected chi connectivity index (χ3v) is 5.62. The van der Waals surface area contributed by atoms with E-state index in [0.29, 0.717) is 11.8 Å². The van der Waals surface area contributed by atoms with Crippen LogP contribution in [-0.2, 0) is 0 Å². The van der Waals surface area contributed by atoms with Gasteiger partial charge in [0.05, 0.1) is 0 Å². The maximum atomic E-state index is 5.93. The van der Waals surface area contributed by atoms with Crippen molar-refractivity contribution in [3.8, 4) is 11.5 Å². The first-order chi connectivity index (χ1) is 13.4. The molecule has 0 spiro atoms. The van der Waals surface area contributed by atoms with Crippen LogP contribution in [0.5, 0.6) is 11.5 Å². The van der Waals surface area contributed by atoms with E-state index in [1.807, 2.05) is 30.3 Å². The maximum Gasteiger partial charge on any atom is 0.127 e. The van der Waals surface area contributed by atoms with Gasteiger partial charge >= 0.3 is 0 Å². The van der Waals surface area contributed by atoms with Crippen LogP contribution in [0, 0.1) is 11.8 Å². The molecule has 0 fully saturated rings. The zero-order chi connectivity index (χ0) is 18.1. The second kappa shape index (κ2) is 6.92. The van der Waals surface area contributed by atoms with E-state index in [2.05, 4.69) is 66.7 Å². The molecule has 3 aliphatic rings. The lowest BCUT2D eigenvalue weighted by atomic mass is 9.69. The Hall–Kier alpha value is -3.06. The fraction of sp³-hybridized carbons (Fsp3) is 0.154.